The Bertz CT molecular complexity index is 861. The first kappa shape index (κ1) is 18.6. The number of nitrogens with one attached hydrogen (secondary N) is 2. The molecule has 1 saturated heterocycles. The molecule has 1 atom stereocenters. The summed E-state index contributed by atoms with van der Waals surface area (Å²) in [5, 5.41) is 5.41. The van der Waals surface area contributed by atoms with Gasteiger partial charge in [-0.3, -0.25) is 14.5 Å². The van der Waals surface area contributed by atoms with Crippen LogP contribution in [0.15, 0.2) is 36.7 Å². The van der Waals surface area contributed by atoms with Crippen molar-refractivity contribution in [3.05, 3.63) is 48.0 Å². The van der Waals surface area contributed by atoms with Crippen molar-refractivity contribution in [2.75, 3.05) is 6.54 Å². The van der Waals surface area contributed by atoms with Crippen LogP contribution in [-0.4, -0.2) is 44.9 Å². The molecule has 0 radical (unpaired) electrons. The number of hydrogen-bond donors (Lipinski definition) is 2. The average Bonchev–Trinajstić information content (AvgIpc) is 3.19. The van der Waals surface area contributed by atoms with E-state index in [2.05, 4.69) is 15.6 Å². The molecule has 1 unspecified atom stereocenters. The lowest BCUT2D eigenvalue weighted by Gasteiger charge is -2.14. The minimum atomic E-state index is -0.796. The van der Waals surface area contributed by atoms with Crippen LogP contribution in [0.25, 0.3) is 5.69 Å². The maximum Gasteiger partial charge on any atom is 0.324 e. The van der Waals surface area contributed by atoms with Crippen LogP contribution in [0.2, 0.25) is 0 Å². The molecule has 2 N–H and O–H groups in total. The summed E-state index contributed by atoms with van der Waals surface area (Å²) in [4.78, 5) is 41.7. The number of benzene rings is 1. The first-order chi connectivity index (χ1) is 13.0. The quantitative estimate of drug-likeness (QED) is 0.723. The number of carbonyl (C=O) groups excluding carboxylic acids is 3. The fourth-order valence-corrected chi connectivity index (χ4v) is 3.13. The molecule has 4 amide bonds. The van der Waals surface area contributed by atoms with E-state index in [4.69, 9.17) is 0 Å². The molecule has 0 saturated carbocycles. The highest BCUT2D eigenvalue weighted by Crippen LogP contribution is 2.16. The van der Waals surface area contributed by atoms with Gasteiger partial charge >= 0.3 is 6.03 Å². The van der Waals surface area contributed by atoms with E-state index in [1.54, 1.807) is 6.20 Å². The number of amides is 4. The molecule has 1 aromatic carbocycles. The van der Waals surface area contributed by atoms with E-state index in [0.29, 0.717) is 19.5 Å². The number of rotatable bonds is 7. The summed E-state index contributed by atoms with van der Waals surface area (Å²) < 4.78 is 1.95. The van der Waals surface area contributed by atoms with Gasteiger partial charge in [0.25, 0.3) is 5.91 Å². The third-order valence-corrected chi connectivity index (χ3v) is 4.50. The molecule has 1 aliphatic rings. The molecule has 27 heavy (non-hydrogen) atoms. The summed E-state index contributed by atoms with van der Waals surface area (Å²) >= 11 is 0. The number of imidazole rings is 1. The second-order valence-corrected chi connectivity index (χ2v) is 6.45. The maximum atomic E-state index is 12.3. The third kappa shape index (κ3) is 3.99. The van der Waals surface area contributed by atoms with Gasteiger partial charge in [0.15, 0.2) is 0 Å². The second kappa shape index (κ2) is 8.03. The van der Waals surface area contributed by atoms with Gasteiger partial charge in [-0.1, -0.05) is 25.1 Å². The number of imide groups is 1. The number of nitrogens with zero attached hydrogens (tertiary/aromatic N) is 3. The summed E-state index contributed by atoms with van der Waals surface area (Å²) in [5.74, 6) is 0.222. The van der Waals surface area contributed by atoms with Crippen LogP contribution in [0.5, 0.6) is 0 Å². The van der Waals surface area contributed by atoms with Crippen LogP contribution in [0, 0.1) is 6.92 Å². The maximum absolute atomic E-state index is 12.3. The summed E-state index contributed by atoms with van der Waals surface area (Å²) in [6, 6.07) is 6.49. The van der Waals surface area contributed by atoms with E-state index in [9.17, 15) is 14.4 Å². The zero-order chi connectivity index (χ0) is 19.4. The Kier molecular flexibility index (Phi) is 5.54. The van der Waals surface area contributed by atoms with Gasteiger partial charge in [-0.2, -0.15) is 0 Å². The largest absolute Gasteiger partial charge is 0.352 e. The Balaban J connectivity index is 1.62. The molecule has 2 aromatic rings. The van der Waals surface area contributed by atoms with E-state index < -0.39 is 12.1 Å². The van der Waals surface area contributed by atoms with Gasteiger partial charge in [0.05, 0.1) is 12.1 Å². The molecule has 1 aliphatic heterocycles. The third-order valence-electron chi connectivity index (χ3n) is 4.50. The monoisotopic (exact) mass is 369 g/mol. The molecule has 0 spiro atoms. The minimum Gasteiger partial charge on any atom is -0.352 e. The van der Waals surface area contributed by atoms with Crippen molar-refractivity contribution in [2.45, 2.75) is 39.3 Å². The minimum absolute atomic E-state index is 0.0724. The van der Waals surface area contributed by atoms with E-state index in [1.807, 2.05) is 48.9 Å². The van der Waals surface area contributed by atoms with E-state index in [0.717, 1.165) is 22.0 Å². The molecule has 3 rings (SSSR count). The number of para-hydroxylation sites is 1. The summed E-state index contributed by atoms with van der Waals surface area (Å²) in [7, 11) is 0. The molecule has 0 aliphatic carbocycles. The van der Waals surface area contributed by atoms with Crippen LogP contribution in [0.1, 0.15) is 31.2 Å². The van der Waals surface area contributed by atoms with E-state index in [1.165, 1.54) is 0 Å². The molecule has 8 nitrogen and oxygen atoms in total. The van der Waals surface area contributed by atoms with Gasteiger partial charge in [-0.15, -0.1) is 0 Å². The Labute approximate surface area is 157 Å². The zero-order valence-corrected chi connectivity index (χ0v) is 15.4. The number of urea groups is 1. The number of hydrogen-bond acceptors (Lipinski definition) is 4. The molecule has 1 aromatic heterocycles. The first-order valence-electron chi connectivity index (χ1n) is 8.98. The lowest BCUT2D eigenvalue weighted by molar-refractivity contribution is -0.130. The molecular weight excluding hydrogens is 346 g/mol. The highest BCUT2D eigenvalue weighted by molar-refractivity contribution is 6.05. The topological polar surface area (TPSA) is 96.3 Å². The normalized spacial score (nSPS) is 16.5. The zero-order valence-electron chi connectivity index (χ0n) is 15.4. The van der Waals surface area contributed by atoms with Crippen molar-refractivity contribution in [3.63, 3.8) is 0 Å². The van der Waals surface area contributed by atoms with Gasteiger partial charge in [-0.05, 0) is 25.0 Å². The number of aryl methyl sites for hydroxylation is 1. The van der Waals surface area contributed by atoms with Crippen molar-refractivity contribution in [1.82, 2.24) is 25.1 Å². The highest BCUT2D eigenvalue weighted by Gasteiger charge is 2.38. The summed E-state index contributed by atoms with van der Waals surface area (Å²) in [6.45, 7) is 4.48. The highest BCUT2D eigenvalue weighted by atomic mass is 16.2. The standard InChI is InChI=1S/C19H23N5O3/c1-3-9-24-18(26)15(22-19(24)27)11-17(25)21-12-14-6-4-5-7-16(14)23-10-8-20-13(23)2/h4-8,10,15H,3,9,11-12H2,1-2H3,(H,21,25)(H,22,27). The molecule has 0 bridgehead atoms. The molecule has 2 heterocycles. The first-order valence-corrected chi connectivity index (χ1v) is 8.98. The summed E-state index contributed by atoms with van der Waals surface area (Å²) in [5.41, 5.74) is 1.87. The van der Waals surface area contributed by atoms with Gasteiger partial charge in [0.2, 0.25) is 5.91 Å². The average molecular weight is 369 g/mol. The van der Waals surface area contributed by atoms with Crippen LogP contribution < -0.4 is 10.6 Å². The SMILES string of the molecule is CCCN1C(=O)NC(CC(=O)NCc2ccccc2-n2ccnc2C)C1=O. The number of aromatic nitrogens is 2. The predicted molar refractivity (Wildman–Crippen MR) is 99.1 cm³/mol. The van der Waals surface area contributed by atoms with Crippen molar-refractivity contribution < 1.29 is 14.4 Å². The number of carbonyl (C=O) groups is 3. The van der Waals surface area contributed by atoms with Crippen molar-refractivity contribution in [1.29, 1.82) is 0 Å². The van der Waals surface area contributed by atoms with Crippen molar-refractivity contribution in [2.24, 2.45) is 0 Å². The van der Waals surface area contributed by atoms with Crippen LogP contribution >= 0.6 is 0 Å². The fraction of sp³-hybridized carbons (Fsp3) is 0.368. The molecule has 1 fully saturated rings. The van der Waals surface area contributed by atoms with Gasteiger partial charge in [0.1, 0.15) is 11.9 Å². The molecular formula is C19H23N5O3. The lowest BCUT2D eigenvalue weighted by atomic mass is 10.1. The Morgan fingerprint density at radius 3 is 2.78 bits per heavy atom. The Morgan fingerprint density at radius 2 is 2.07 bits per heavy atom. The molecule has 8 heteroatoms. The smallest absolute Gasteiger partial charge is 0.324 e. The van der Waals surface area contributed by atoms with Crippen LogP contribution in [0.4, 0.5) is 4.79 Å². The van der Waals surface area contributed by atoms with Gasteiger partial charge in [-0.25, -0.2) is 9.78 Å². The van der Waals surface area contributed by atoms with Crippen molar-refractivity contribution >= 4 is 17.8 Å². The second-order valence-electron chi connectivity index (χ2n) is 6.45. The van der Waals surface area contributed by atoms with Crippen LogP contribution in [-0.2, 0) is 16.1 Å². The van der Waals surface area contributed by atoms with Gasteiger partial charge < -0.3 is 15.2 Å². The van der Waals surface area contributed by atoms with Crippen LogP contribution in [0.3, 0.4) is 0 Å². The lowest BCUT2D eigenvalue weighted by Crippen LogP contribution is -2.36. The van der Waals surface area contributed by atoms with E-state index in [-0.39, 0.29) is 18.2 Å². The summed E-state index contributed by atoms with van der Waals surface area (Å²) in [6.07, 6.45) is 4.20. The van der Waals surface area contributed by atoms with Crippen molar-refractivity contribution in [3.8, 4) is 5.69 Å². The Morgan fingerprint density at radius 1 is 1.30 bits per heavy atom. The van der Waals surface area contributed by atoms with E-state index >= 15 is 0 Å². The predicted octanol–water partition coefficient (Wildman–Crippen LogP) is 1.52. The molecule has 142 valence electrons. The Hall–Kier alpha value is -3.16. The van der Waals surface area contributed by atoms with Gasteiger partial charge in [0, 0.05) is 25.5 Å². The fourth-order valence-electron chi connectivity index (χ4n) is 3.13.